The minimum atomic E-state index is -0.707. The van der Waals surface area contributed by atoms with Crippen molar-refractivity contribution in [1.82, 2.24) is 4.57 Å². The molecule has 2 aromatic rings. The number of nitrogens with one attached hydrogen (secondary N) is 1. The van der Waals surface area contributed by atoms with Gasteiger partial charge in [-0.05, 0) is 30.2 Å². The Morgan fingerprint density at radius 3 is 2.67 bits per heavy atom. The highest BCUT2D eigenvalue weighted by Gasteiger charge is 2.09. The van der Waals surface area contributed by atoms with Crippen LogP contribution in [0.1, 0.15) is 21.5 Å². The van der Waals surface area contributed by atoms with Gasteiger partial charge in [-0.15, -0.1) is 12.4 Å². The van der Waals surface area contributed by atoms with Crippen LogP contribution in [0.2, 0.25) is 5.02 Å². The summed E-state index contributed by atoms with van der Waals surface area (Å²) < 4.78 is 14.7. The van der Waals surface area contributed by atoms with E-state index in [4.69, 9.17) is 22.7 Å². The molecule has 0 unspecified atom stereocenters. The van der Waals surface area contributed by atoms with Gasteiger partial charge in [0.15, 0.2) is 0 Å². The van der Waals surface area contributed by atoms with Crippen molar-refractivity contribution < 1.29 is 9.18 Å². The summed E-state index contributed by atoms with van der Waals surface area (Å²) in [6.45, 7) is 1.97. The van der Waals surface area contributed by atoms with Crippen LogP contribution >= 0.6 is 24.0 Å². The average molecular weight is 330 g/mol. The molecule has 0 aliphatic carbocycles. The number of primary amides is 1. The zero-order chi connectivity index (χ0) is 14.9. The second-order valence-electron chi connectivity index (χ2n) is 4.50. The van der Waals surface area contributed by atoms with E-state index in [1.807, 2.05) is 0 Å². The molecule has 2 rings (SSSR count). The van der Waals surface area contributed by atoms with Gasteiger partial charge in [0.05, 0.1) is 10.6 Å². The molecule has 1 aromatic carbocycles. The maximum absolute atomic E-state index is 13.2. The Hall–Kier alpha value is -1.85. The van der Waals surface area contributed by atoms with E-state index in [9.17, 15) is 9.18 Å². The van der Waals surface area contributed by atoms with E-state index in [0.717, 1.165) is 5.56 Å². The van der Waals surface area contributed by atoms with E-state index in [0.29, 0.717) is 17.1 Å². The third kappa shape index (κ3) is 3.83. The highest BCUT2D eigenvalue weighted by atomic mass is 35.5. The monoisotopic (exact) mass is 329 g/mol. The number of aryl methyl sites for hydroxylation is 1. The number of pyridine rings is 1. The van der Waals surface area contributed by atoms with Crippen LogP contribution in [0.25, 0.3) is 0 Å². The largest absolute Gasteiger partial charge is 0.365 e. The summed E-state index contributed by atoms with van der Waals surface area (Å²) in [5.41, 5.74) is 6.56. The summed E-state index contributed by atoms with van der Waals surface area (Å²) >= 11 is 5.92. The van der Waals surface area contributed by atoms with Gasteiger partial charge in [0, 0.05) is 12.7 Å². The predicted octanol–water partition coefficient (Wildman–Crippen LogP) is 2.64. The van der Waals surface area contributed by atoms with Crippen molar-refractivity contribution in [3.05, 3.63) is 63.5 Å². The minimum absolute atomic E-state index is 0. The molecule has 0 bridgehead atoms. The summed E-state index contributed by atoms with van der Waals surface area (Å²) in [5, 5.41) is 8.26. The molecule has 0 atom stereocenters. The topological polar surface area (TPSA) is 71.9 Å². The Morgan fingerprint density at radius 1 is 1.43 bits per heavy atom. The molecule has 1 amide bonds. The van der Waals surface area contributed by atoms with Crippen molar-refractivity contribution in [1.29, 1.82) is 5.41 Å². The number of hydrogen-bond acceptors (Lipinski definition) is 2. The van der Waals surface area contributed by atoms with Gasteiger partial charge in [-0.25, -0.2) is 4.39 Å². The van der Waals surface area contributed by atoms with Crippen LogP contribution < -0.4 is 11.2 Å². The van der Waals surface area contributed by atoms with Crippen molar-refractivity contribution in [3.8, 4) is 0 Å². The molecule has 0 saturated carbocycles. The van der Waals surface area contributed by atoms with Crippen molar-refractivity contribution in [2.24, 2.45) is 5.73 Å². The van der Waals surface area contributed by atoms with E-state index in [1.165, 1.54) is 22.9 Å². The smallest absolute Gasteiger partial charge is 0.252 e. The average Bonchev–Trinajstić information content (AvgIpc) is 2.37. The maximum atomic E-state index is 13.2. The quantitative estimate of drug-likeness (QED) is 0.892. The van der Waals surface area contributed by atoms with E-state index in [2.05, 4.69) is 0 Å². The van der Waals surface area contributed by atoms with Gasteiger partial charge in [0.1, 0.15) is 11.3 Å². The molecule has 0 aliphatic rings. The van der Waals surface area contributed by atoms with Crippen molar-refractivity contribution in [2.45, 2.75) is 13.5 Å². The van der Waals surface area contributed by atoms with Crippen LogP contribution in [0.3, 0.4) is 0 Å². The zero-order valence-corrected chi connectivity index (χ0v) is 12.8. The molecular formula is C14H14Cl2FN3O. The van der Waals surface area contributed by atoms with Crippen LogP contribution in [0.4, 0.5) is 4.39 Å². The molecule has 0 aliphatic heterocycles. The van der Waals surface area contributed by atoms with Crippen molar-refractivity contribution >= 4 is 29.9 Å². The molecule has 0 saturated heterocycles. The van der Waals surface area contributed by atoms with Crippen LogP contribution in [-0.4, -0.2) is 10.5 Å². The molecule has 0 spiro atoms. The lowest BCUT2D eigenvalue weighted by Gasteiger charge is -2.10. The summed E-state index contributed by atoms with van der Waals surface area (Å²) in [6, 6.07) is 6.04. The third-order valence-electron chi connectivity index (χ3n) is 2.94. The molecule has 21 heavy (non-hydrogen) atoms. The van der Waals surface area contributed by atoms with Gasteiger partial charge in [0.25, 0.3) is 5.91 Å². The second kappa shape index (κ2) is 6.74. The highest BCUT2D eigenvalue weighted by Crippen LogP contribution is 2.12. The highest BCUT2D eigenvalue weighted by molar-refractivity contribution is 6.30. The van der Waals surface area contributed by atoms with Crippen LogP contribution in [0, 0.1) is 18.2 Å². The van der Waals surface area contributed by atoms with E-state index >= 15 is 0 Å². The second-order valence-corrected chi connectivity index (χ2v) is 4.93. The first-order valence-corrected chi connectivity index (χ1v) is 6.25. The zero-order valence-electron chi connectivity index (χ0n) is 11.2. The lowest BCUT2D eigenvalue weighted by atomic mass is 10.1. The molecule has 7 heteroatoms. The summed E-state index contributed by atoms with van der Waals surface area (Å²) in [5.74, 6) is -0.990. The fourth-order valence-electron chi connectivity index (χ4n) is 1.93. The molecule has 1 aromatic heterocycles. The summed E-state index contributed by atoms with van der Waals surface area (Å²) in [7, 11) is 0. The summed E-state index contributed by atoms with van der Waals surface area (Å²) in [4.78, 5) is 11.3. The number of nitrogens with two attached hydrogens (primary N) is 1. The van der Waals surface area contributed by atoms with Crippen LogP contribution in [-0.2, 0) is 6.54 Å². The van der Waals surface area contributed by atoms with Gasteiger partial charge in [-0.1, -0.05) is 23.7 Å². The molecule has 4 nitrogen and oxygen atoms in total. The van der Waals surface area contributed by atoms with Crippen molar-refractivity contribution in [2.75, 3.05) is 0 Å². The molecule has 0 radical (unpaired) electrons. The first-order chi connectivity index (χ1) is 9.38. The van der Waals surface area contributed by atoms with E-state index in [-0.39, 0.29) is 29.3 Å². The number of amides is 1. The molecule has 1 heterocycles. The number of hydrogen-bond donors (Lipinski definition) is 2. The SMILES string of the molecule is Cc1cc(Cn2cc(Cl)cc(C(N)=O)c2=N)ccc1F.Cl. The number of halogens is 3. The first kappa shape index (κ1) is 17.2. The van der Waals surface area contributed by atoms with Crippen LogP contribution in [0.5, 0.6) is 0 Å². The van der Waals surface area contributed by atoms with Crippen molar-refractivity contribution in [3.63, 3.8) is 0 Å². The van der Waals surface area contributed by atoms with Gasteiger partial charge in [-0.3, -0.25) is 10.2 Å². The van der Waals surface area contributed by atoms with E-state index < -0.39 is 5.91 Å². The Labute approximate surface area is 132 Å². The van der Waals surface area contributed by atoms with Gasteiger partial charge in [0.2, 0.25) is 0 Å². The number of nitrogens with zero attached hydrogens (tertiary/aromatic N) is 1. The third-order valence-corrected chi connectivity index (χ3v) is 3.15. The summed E-state index contributed by atoms with van der Waals surface area (Å²) in [6.07, 6.45) is 1.54. The number of carbonyl (C=O) groups excluding carboxylic acids is 1. The molecular weight excluding hydrogens is 316 g/mol. The standard InChI is InChI=1S/C14H13ClFN3O.ClH/c1-8-4-9(2-3-12(8)16)6-19-7-10(15)5-11(13(19)17)14(18)20;/h2-5,7,17H,6H2,1H3,(H2,18,20);1H. The van der Waals surface area contributed by atoms with Gasteiger partial charge < -0.3 is 10.3 Å². The maximum Gasteiger partial charge on any atom is 0.252 e. The fourth-order valence-corrected chi connectivity index (χ4v) is 2.15. The molecule has 3 N–H and O–H groups in total. The first-order valence-electron chi connectivity index (χ1n) is 5.88. The number of aromatic nitrogens is 1. The fraction of sp³-hybridized carbons (Fsp3) is 0.143. The van der Waals surface area contributed by atoms with Gasteiger partial charge in [-0.2, -0.15) is 0 Å². The number of carbonyl (C=O) groups is 1. The molecule has 112 valence electrons. The number of rotatable bonds is 3. The number of benzene rings is 1. The Morgan fingerprint density at radius 2 is 2.10 bits per heavy atom. The van der Waals surface area contributed by atoms with E-state index in [1.54, 1.807) is 19.1 Å². The minimum Gasteiger partial charge on any atom is -0.365 e. The Bertz CT molecular complexity index is 743. The molecule has 0 fully saturated rings. The predicted molar refractivity (Wildman–Crippen MR) is 81.3 cm³/mol. The Kier molecular flexibility index (Phi) is 5.52. The van der Waals surface area contributed by atoms with Gasteiger partial charge >= 0.3 is 0 Å². The lowest BCUT2D eigenvalue weighted by Crippen LogP contribution is -2.29. The lowest BCUT2D eigenvalue weighted by molar-refractivity contribution is 0.0998. The normalized spacial score (nSPS) is 10.0. The van der Waals surface area contributed by atoms with Crippen LogP contribution in [0.15, 0.2) is 30.5 Å². The Balaban J connectivity index is 0.00000220.